The van der Waals surface area contributed by atoms with Crippen molar-refractivity contribution in [1.82, 2.24) is 9.97 Å². The number of rotatable bonds is 7. The highest BCUT2D eigenvalue weighted by Gasteiger charge is 2.11. The molecule has 4 nitrogen and oxygen atoms in total. The van der Waals surface area contributed by atoms with Crippen LogP contribution in [0.3, 0.4) is 0 Å². The average Bonchev–Trinajstić information content (AvgIpc) is 3.07. The van der Waals surface area contributed by atoms with Gasteiger partial charge < -0.3 is 9.72 Å². The lowest BCUT2D eigenvalue weighted by Gasteiger charge is -2.09. The lowest BCUT2D eigenvalue weighted by molar-refractivity contribution is 0.102. The van der Waals surface area contributed by atoms with Gasteiger partial charge in [-0.25, -0.2) is 4.98 Å². The second kappa shape index (κ2) is 7.74. The van der Waals surface area contributed by atoms with Crippen LogP contribution in [0.2, 0.25) is 0 Å². The number of H-pyrrole nitrogens is 1. The summed E-state index contributed by atoms with van der Waals surface area (Å²) in [5, 5.41) is 0.743. The second-order valence-corrected chi connectivity index (χ2v) is 7.03. The monoisotopic (exact) mass is 354 g/mol. The van der Waals surface area contributed by atoms with Crippen LogP contribution in [0.25, 0.3) is 11.0 Å². The van der Waals surface area contributed by atoms with Crippen molar-refractivity contribution in [2.75, 3.05) is 12.9 Å². The first kappa shape index (κ1) is 17.5. The van der Waals surface area contributed by atoms with Gasteiger partial charge in [0, 0.05) is 11.6 Å². The zero-order chi connectivity index (χ0) is 17.8. The Balaban J connectivity index is 1.65. The summed E-state index contributed by atoms with van der Waals surface area (Å²) in [5.74, 6) is 1.77. The van der Waals surface area contributed by atoms with Crippen molar-refractivity contribution < 1.29 is 9.53 Å². The van der Waals surface area contributed by atoms with E-state index in [1.807, 2.05) is 30.3 Å². The number of thioether (sulfide) groups is 1. The van der Waals surface area contributed by atoms with Gasteiger partial charge in [0.1, 0.15) is 5.75 Å². The summed E-state index contributed by atoms with van der Waals surface area (Å²) < 4.78 is 5.21. The lowest BCUT2D eigenvalue weighted by Crippen LogP contribution is -2.03. The fourth-order valence-electron chi connectivity index (χ4n) is 2.61. The molecule has 3 rings (SSSR count). The number of aromatic amines is 1. The van der Waals surface area contributed by atoms with Gasteiger partial charge >= 0.3 is 0 Å². The third-order valence-electron chi connectivity index (χ3n) is 4.42. The Kier molecular flexibility index (Phi) is 5.43. The molecule has 0 aliphatic carbocycles. The molecule has 0 aliphatic rings. The van der Waals surface area contributed by atoms with Gasteiger partial charge in [0.2, 0.25) is 0 Å². The van der Waals surface area contributed by atoms with Crippen LogP contribution in [0.15, 0.2) is 47.6 Å². The Morgan fingerprint density at radius 3 is 2.68 bits per heavy atom. The fourth-order valence-corrected chi connectivity index (χ4v) is 3.39. The molecule has 0 bridgehead atoms. The molecule has 0 radical (unpaired) electrons. The first-order valence-electron chi connectivity index (χ1n) is 8.40. The minimum absolute atomic E-state index is 0.110. The van der Waals surface area contributed by atoms with Crippen molar-refractivity contribution in [3.63, 3.8) is 0 Å². The van der Waals surface area contributed by atoms with Gasteiger partial charge in [-0.3, -0.25) is 4.79 Å². The van der Waals surface area contributed by atoms with E-state index in [1.54, 1.807) is 7.11 Å². The maximum Gasteiger partial charge on any atom is 0.173 e. The summed E-state index contributed by atoms with van der Waals surface area (Å²) in [6.45, 7) is 4.37. The molecule has 1 atom stereocenters. The maximum absolute atomic E-state index is 12.4. The highest BCUT2D eigenvalue weighted by atomic mass is 32.2. The molecule has 3 aromatic rings. The zero-order valence-corrected chi connectivity index (χ0v) is 15.5. The highest BCUT2D eigenvalue weighted by Crippen LogP contribution is 2.24. The van der Waals surface area contributed by atoms with Crippen molar-refractivity contribution in [3.8, 4) is 5.75 Å². The molecule has 0 saturated carbocycles. The quantitative estimate of drug-likeness (QED) is 0.476. The molecule has 0 aliphatic heterocycles. The number of hydrogen-bond acceptors (Lipinski definition) is 4. The first-order valence-corrected chi connectivity index (χ1v) is 9.39. The molecule has 130 valence electrons. The minimum Gasteiger partial charge on any atom is -0.497 e. The number of ether oxygens (including phenoxy) is 1. The number of ketones is 1. The fraction of sp³-hybridized carbons (Fsp3) is 0.300. The molecule has 0 fully saturated rings. The number of aromatic nitrogens is 2. The smallest absolute Gasteiger partial charge is 0.173 e. The third kappa shape index (κ3) is 4.04. The number of methoxy groups -OCH3 is 1. The first-order chi connectivity index (χ1) is 12.1. The second-order valence-electron chi connectivity index (χ2n) is 6.07. The Bertz CT molecular complexity index is 871. The SMILES string of the molecule is CC[C@H](C)c1ccc(C(=O)CSc2nc3ccc(OC)cc3[nH]2)cc1. The van der Waals surface area contributed by atoms with E-state index >= 15 is 0 Å². The van der Waals surface area contributed by atoms with Gasteiger partial charge in [0.15, 0.2) is 10.9 Å². The van der Waals surface area contributed by atoms with E-state index in [1.165, 1.54) is 17.3 Å². The van der Waals surface area contributed by atoms with Crippen molar-refractivity contribution in [1.29, 1.82) is 0 Å². The van der Waals surface area contributed by atoms with Crippen LogP contribution in [0.1, 0.15) is 42.1 Å². The molecule has 1 heterocycles. The van der Waals surface area contributed by atoms with E-state index < -0.39 is 0 Å². The van der Waals surface area contributed by atoms with E-state index in [4.69, 9.17) is 4.74 Å². The van der Waals surface area contributed by atoms with Crippen LogP contribution in [-0.2, 0) is 0 Å². The number of carbonyl (C=O) groups is 1. The summed E-state index contributed by atoms with van der Waals surface area (Å²) in [5.41, 5.74) is 3.80. The van der Waals surface area contributed by atoms with Crippen molar-refractivity contribution in [2.45, 2.75) is 31.3 Å². The van der Waals surface area contributed by atoms with E-state index in [0.29, 0.717) is 11.7 Å². The lowest BCUT2D eigenvalue weighted by atomic mass is 9.97. The van der Waals surface area contributed by atoms with Crippen LogP contribution in [-0.4, -0.2) is 28.6 Å². The predicted octanol–water partition coefficient (Wildman–Crippen LogP) is 5.06. The standard InChI is InChI=1S/C20H22N2O2S/c1-4-13(2)14-5-7-15(8-6-14)19(23)12-25-20-21-17-10-9-16(24-3)11-18(17)22-20/h5-11,13H,4,12H2,1-3H3,(H,21,22)/t13-/m0/s1. The predicted molar refractivity (Wildman–Crippen MR) is 103 cm³/mol. The molecule has 2 aromatic carbocycles. The maximum atomic E-state index is 12.4. The number of carbonyl (C=O) groups excluding carboxylic acids is 1. The van der Waals surface area contributed by atoms with Gasteiger partial charge in [-0.15, -0.1) is 0 Å². The molecule has 5 heteroatoms. The summed E-state index contributed by atoms with van der Waals surface area (Å²) in [6.07, 6.45) is 1.10. The number of nitrogens with zero attached hydrogens (tertiary/aromatic N) is 1. The Morgan fingerprint density at radius 1 is 1.24 bits per heavy atom. The molecule has 25 heavy (non-hydrogen) atoms. The summed E-state index contributed by atoms with van der Waals surface area (Å²) >= 11 is 1.42. The van der Waals surface area contributed by atoms with Crippen LogP contribution < -0.4 is 4.74 Å². The van der Waals surface area contributed by atoms with E-state index in [-0.39, 0.29) is 5.78 Å². The molecule has 0 unspecified atom stereocenters. The number of hydrogen-bond donors (Lipinski definition) is 1. The van der Waals surface area contributed by atoms with Crippen LogP contribution in [0.4, 0.5) is 0 Å². The Hall–Kier alpha value is -2.27. The molecule has 0 amide bonds. The molecular formula is C20H22N2O2S. The Labute approximate surface area is 152 Å². The van der Waals surface area contributed by atoms with E-state index in [2.05, 4.69) is 35.9 Å². The van der Waals surface area contributed by atoms with E-state index in [0.717, 1.165) is 33.9 Å². The number of nitrogens with one attached hydrogen (secondary N) is 1. The third-order valence-corrected chi connectivity index (χ3v) is 5.29. The van der Waals surface area contributed by atoms with Crippen molar-refractivity contribution >= 4 is 28.6 Å². The van der Waals surface area contributed by atoms with Gasteiger partial charge in [0.05, 0.1) is 23.9 Å². The Morgan fingerprint density at radius 2 is 2.00 bits per heavy atom. The van der Waals surface area contributed by atoms with Crippen molar-refractivity contribution in [3.05, 3.63) is 53.6 Å². The molecular weight excluding hydrogens is 332 g/mol. The molecule has 1 aromatic heterocycles. The average molecular weight is 354 g/mol. The highest BCUT2D eigenvalue weighted by molar-refractivity contribution is 7.99. The number of Topliss-reactive ketones (excluding diaryl/α,β-unsaturated/α-hetero) is 1. The summed E-state index contributed by atoms with van der Waals surface area (Å²) in [6, 6.07) is 13.6. The van der Waals surface area contributed by atoms with Crippen LogP contribution in [0, 0.1) is 0 Å². The van der Waals surface area contributed by atoms with E-state index in [9.17, 15) is 4.79 Å². The summed E-state index contributed by atoms with van der Waals surface area (Å²) in [4.78, 5) is 20.1. The molecule has 0 saturated heterocycles. The number of fused-ring (bicyclic) bond motifs is 1. The topological polar surface area (TPSA) is 55.0 Å². The molecule has 0 spiro atoms. The van der Waals surface area contributed by atoms with Crippen molar-refractivity contribution in [2.24, 2.45) is 0 Å². The number of imidazole rings is 1. The number of benzene rings is 2. The normalized spacial score (nSPS) is 12.3. The largest absolute Gasteiger partial charge is 0.497 e. The summed E-state index contributed by atoms with van der Waals surface area (Å²) in [7, 11) is 1.64. The zero-order valence-electron chi connectivity index (χ0n) is 14.7. The molecule has 1 N–H and O–H groups in total. The minimum atomic E-state index is 0.110. The van der Waals surface area contributed by atoms with Gasteiger partial charge in [-0.1, -0.05) is 49.9 Å². The van der Waals surface area contributed by atoms with Gasteiger partial charge in [-0.2, -0.15) is 0 Å². The van der Waals surface area contributed by atoms with Crippen LogP contribution in [0.5, 0.6) is 5.75 Å². The van der Waals surface area contributed by atoms with Gasteiger partial charge in [0.25, 0.3) is 0 Å². The van der Waals surface area contributed by atoms with Gasteiger partial charge in [-0.05, 0) is 30.0 Å². The van der Waals surface area contributed by atoms with Crippen LogP contribution >= 0.6 is 11.8 Å².